The molecular formula is C38H76Cl4MnN8. The molecule has 0 aromatic carbocycles. The van der Waals surface area contributed by atoms with E-state index in [1.165, 1.54) is 96.9 Å². The molecule has 0 aromatic rings. The van der Waals surface area contributed by atoms with Gasteiger partial charge in [-0.2, -0.15) is 0 Å². The normalized spacial score (nSPS) is 29.6. The molecule has 0 saturated carbocycles. The Kier molecular flexibility index (Phi) is 25.8. The fourth-order valence-electron chi connectivity index (χ4n) is 7.64. The van der Waals surface area contributed by atoms with Crippen molar-refractivity contribution in [3.05, 3.63) is 0 Å². The molecule has 4 heterocycles. The SMILES string of the molecule is CCCCCCCCN1CCN2CCCN(C)CCN(CC2)C(Cl)(Cl)CC1.CCCCN1CCN2CCCN(C)CCN(CC2)C(Cl)(Cl)CC1.[Mn]. The molecule has 4 rings (SSSR count). The van der Waals surface area contributed by atoms with E-state index in [-0.39, 0.29) is 17.1 Å². The van der Waals surface area contributed by atoms with Crippen LogP contribution in [0.15, 0.2) is 0 Å². The molecule has 0 spiro atoms. The van der Waals surface area contributed by atoms with Gasteiger partial charge in [0.15, 0.2) is 8.91 Å². The van der Waals surface area contributed by atoms with Crippen molar-refractivity contribution in [2.45, 2.75) is 99.8 Å². The third-order valence-corrected chi connectivity index (χ3v) is 13.1. The summed E-state index contributed by atoms with van der Waals surface area (Å²) in [5.41, 5.74) is 0. The van der Waals surface area contributed by atoms with Crippen molar-refractivity contribution in [2.24, 2.45) is 0 Å². The average Bonchev–Trinajstić information content (AvgIpc) is 3.08. The van der Waals surface area contributed by atoms with Crippen molar-refractivity contribution in [3.63, 3.8) is 0 Å². The molecule has 13 heteroatoms. The smallest absolute Gasteiger partial charge is 0.172 e. The fourth-order valence-corrected chi connectivity index (χ4v) is 8.66. The molecule has 4 aliphatic heterocycles. The van der Waals surface area contributed by atoms with Crippen LogP contribution in [0.2, 0.25) is 0 Å². The van der Waals surface area contributed by atoms with Crippen LogP contribution in [-0.2, 0) is 17.1 Å². The zero-order chi connectivity index (χ0) is 36.2. The number of halogens is 4. The quantitative estimate of drug-likeness (QED) is 0.104. The van der Waals surface area contributed by atoms with E-state index in [0.717, 1.165) is 111 Å². The average molecular weight is 842 g/mol. The standard InChI is InChI=1S/C21H42Cl2N4.C17H34Cl2N4.Mn/c1-3-4-5-6-7-8-12-25-14-10-21(22,23)27-19-15-24(2)11-9-13-26(17-16-25)18-20-27;1-3-4-8-21-10-6-17(18,19)23-15-11-20(2)7-5-9-22(13-12-21)14-16-23;/h3-20H2,1-2H3;3-16H2,1-2H3;. The Morgan fingerprint density at radius 2 is 0.804 bits per heavy atom. The molecule has 4 fully saturated rings. The minimum atomic E-state index is -0.748. The molecular weight excluding hydrogens is 765 g/mol. The first-order chi connectivity index (χ1) is 24.0. The fraction of sp³-hybridized carbons (Fsp3) is 1.00. The van der Waals surface area contributed by atoms with Crippen molar-refractivity contribution in [3.8, 4) is 0 Å². The molecule has 1 radical (unpaired) electrons. The molecule has 4 bridgehead atoms. The van der Waals surface area contributed by atoms with E-state index >= 15 is 0 Å². The zero-order valence-electron chi connectivity index (χ0n) is 33.1. The molecule has 0 aliphatic carbocycles. The van der Waals surface area contributed by atoms with E-state index in [0.29, 0.717) is 0 Å². The van der Waals surface area contributed by atoms with Gasteiger partial charge in [0.1, 0.15) is 0 Å². The van der Waals surface area contributed by atoms with E-state index in [2.05, 4.69) is 67.1 Å². The molecule has 0 amide bonds. The van der Waals surface area contributed by atoms with Crippen molar-refractivity contribution < 1.29 is 17.1 Å². The summed E-state index contributed by atoms with van der Waals surface area (Å²) in [6.07, 6.45) is 14.8. The summed E-state index contributed by atoms with van der Waals surface area (Å²) in [4.78, 5) is 19.8. The molecule has 4 aliphatic rings. The number of hydrogen-bond acceptors (Lipinski definition) is 8. The van der Waals surface area contributed by atoms with Crippen molar-refractivity contribution in [1.29, 1.82) is 0 Å². The molecule has 4 unspecified atom stereocenters. The third-order valence-electron chi connectivity index (χ3n) is 11.4. The zero-order valence-corrected chi connectivity index (χ0v) is 37.3. The van der Waals surface area contributed by atoms with Crippen LogP contribution in [0.3, 0.4) is 0 Å². The van der Waals surface area contributed by atoms with Crippen molar-refractivity contribution in [2.75, 3.05) is 145 Å². The van der Waals surface area contributed by atoms with E-state index < -0.39 is 8.91 Å². The minimum absolute atomic E-state index is 0. The van der Waals surface area contributed by atoms with Gasteiger partial charge in [-0.05, 0) is 79.0 Å². The summed E-state index contributed by atoms with van der Waals surface area (Å²) >= 11 is 27.2. The number of alkyl halides is 4. The summed E-state index contributed by atoms with van der Waals surface area (Å²) in [7, 11) is 4.41. The van der Waals surface area contributed by atoms with Gasteiger partial charge in [0.25, 0.3) is 0 Å². The van der Waals surface area contributed by atoms with Crippen LogP contribution in [0.4, 0.5) is 0 Å². The number of nitrogens with zero attached hydrogens (tertiary/aromatic N) is 8. The Morgan fingerprint density at radius 3 is 1.27 bits per heavy atom. The molecule has 0 N–H and O–H groups in total. The number of likely N-dealkylation sites (N-methyl/N-ethyl adjacent to an activating group) is 2. The maximum absolute atomic E-state index is 6.84. The first-order valence-electron chi connectivity index (χ1n) is 20.5. The Bertz CT molecular complexity index is 878. The van der Waals surface area contributed by atoms with Crippen LogP contribution in [0, 0.1) is 0 Å². The number of hydrogen-bond donors (Lipinski definition) is 0. The minimum Gasteiger partial charge on any atom is -0.305 e. The largest absolute Gasteiger partial charge is 0.305 e. The van der Waals surface area contributed by atoms with Gasteiger partial charge in [0.05, 0.1) is 0 Å². The van der Waals surface area contributed by atoms with Crippen molar-refractivity contribution >= 4 is 46.4 Å². The van der Waals surface area contributed by atoms with E-state index in [1.54, 1.807) is 0 Å². The van der Waals surface area contributed by atoms with Gasteiger partial charge in [-0.3, -0.25) is 9.80 Å². The summed E-state index contributed by atoms with van der Waals surface area (Å²) in [6.45, 7) is 26.3. The summed E-state index contributed by atoms with van der Waals surface area (Å²) < 4.78 is -1.49. The molecule has 4 atom stereocenters. The van der Waals surface area contributed by atoms with E-state index in [1.807, 2.05) is 0 Å². The molecule has 0 aromatic heterocycles. The maximum atomic E-state index is 6.84. The van der Waals surface area contributed by atoms with E-state index in [9.17, 15) is 0 Å². The second kappa shape index (κ2) is 27.1. The van der Waals surface area contributed by atoms with Crippen LogP contribution in [-0.4, -0.2) is 193 Å². The number of rotatable bonds is 10. The summed E-state index contributed by atoms with van der Waals surface area (Å²) in [5, 5.41) is 0. The molecule has 303 valence electrons. The Balaban J connectivity index is 0.000000351. The van der Waals surface area contributed by atoms with Gasteiger partial charge in [-0.1, -0.05) is 98.8 Å². The predicted molar refractivity (Wildman–Crippen MR) is 220 cm³/mol. The van der Waals surface area contributed by atoms with Gasteiger partial charge >= 0.3 is 0 Å². The molecule has 8 nitrogen and oxygen atoms in total. The maximum Gasteiger partial charge on any atom is 0.172 e. The van der Waals surface area contributed by atoms with Crippen LogP contribution in [0.1, 0.15) is 90.9 Å². The number of unbranched alkanes of at least 4 members (excludes halogenated alkanes) is 6. The predicted octanol–water partition coefficient (Wildman–Crippen LogP) is 6.68. The van der Waals surface area contributed by atoms with Gasteiger partial charge < -0.3 is 29.4 Å². The van der Waals surface area contributed by atoms with Crippen LogP contribution in [0.5, 0.6) is 0 Å². The van der Waals surface area contributed by atoms with Gasteiger partial charge in [0, 0.05) is 122 Å². The summed E-state index contributed by atoms with van der Waals surface area (Å²) in [6, 6.07) is 0. The monoisotopic (exact) mass is 839 g/mol. The van der Waals surface area contributed by atoms with Gasteiger partial charge in [-0.15, -0.1) is 0 Å². The van der Waals surface area contributed by atoms with E-state index in [4.69, 9.17) is 46.4 Å². The van der Waals surface area contributed by atoms with Crippen LogP contribution < -0.4 is 0 Å². The first kappa shape index (κ1) is 48.5. The van der Waals surface area contributed by atoms with Crippen LogP contribution in [0.25, 0.3) is 0 Å². The van der Waals surface area contributed by atoms with Gasteiger partial charge in [0.2, 0.25) is 0 Å². The topological polar surface area (TPSA) is 25.9 Å². The van der Waals surface area contributed by atoms with Crippen LogP contribution >= 0.6 is 46.4 Å². The Morgan fingerprint density at radius 1 is 0.412 bits per heavy atom. The molecule has 4 saturated heterocycles. The molecule has 51 heavy (non-hydrogen) atoms. The second-order valence-electron chi connectivity index (χ2n) is 15.6. The third kappa shape index (κ3) is 19.9. The Labute approximate surface area is 345 Å². The number of fused-ring (bicyclic) bond motifs is 6. The summed E-state index contributed by atoms with van der Waals surface area (Å²) in [5.74, 6) is 0. The first-order valence-corrected chi connectivity index (χ1v) is 22.1. The van der Waals surface area contributed by atoms with Gasteiger partial charge in [-0.25, -0.2) is 0 Å². The van der Waals surface area contributed by atoms with Crippen molar-refractivity contribution in [1.82, 2.24) is 39.2 Å². The Hall–Kier alpha value is 1.36. The second-order valence-corrected chi connectivity index (χ2v) is 18.5.